The number of nitrogens with one attached hydrogen (secondary N) is 1. The lowest BCUT2D eigenvalue weighted by molar-refractivity contribution is -0.126. The highest BCUT2D eigenvalue weighted by Crippen LogP contribution is 2.25. The number of ether oxygens (including phenoxy) is 1. The van der Waals surface area contributed by atoms with Crippen molar-refractivity contribution in [2.24, 2.45) is 0 Å². The molecule has 17 heavy (non-hydrogen) atoms. The minimum Gasteiger partial charge on any atom is -0.397 e. The maximum Gasteiger partial charge on any atom is 0.253 e. The Morgan fingerprint density at radius 1 is 1.53 bits per heavy atom. The Labute approximate surface area is 109 Å². The van der Waals surface area contributed by atoms with E-state index < -0.39 is 0 Å². The molecular formula is C12H15BrN2O2. The maximum atomic E-state index is 11.9. The molecule has 1 saturated heterocycles. The fourth-order valence-corrected chi connectivity index (χ4v) is 2.23. The number of hydrogen-bond donors (Lipinski definition) is 2. The van der Waals surface area contributed by atoms with Crippen LogP contribution >= 0.6 is 15.9 Å². The summed E-state index contributed by atoms with van der Waals surface area (Å²) in [5, 5.41) is 2.79. The molecule has 1 aromatic carbocycles. The third-order valence-electron chi connectivity index (χ3n) is 2.80. The Morgan fingerprint density at radius 3 is 2.88 bits per heavy atom. The zero-order valence-corrected chi connectivity index (χ0v) is 11.2. The van der Waals surface area contributed by atoms with Gasteiger partial charge in [-0.05, 0) is 38.0 Å². The molecule has 0 aliphatic carbocycles. The van der Waals surface area contributed by atoms with Crippen LogP contribution in [0.5, 0.6) is 0 Å². The van der Waals surface area contributed by atoms with Gasteiger partial charge in [0, 0.05) is 4.47 Å². The van der Waals surface area contributed by atoms with E-state index in [9.17, 15) is 4.79 Å². The van der Waals surface area contributed by atoms with Crippen molar-refractivity contribution < 1.29 is 9.53 Å². The lowest BCUT2D eigenvalue weighted by Gasteiger charge is -2.13. The minimum atomic E-state index is -0.354. The van der Waals surface area contributed by atoms with E-state index in [-0.39, 0.29) is 18.1 Å². The van der Waals surface area contributed by atoms with Gasteiger partial charge >= 0.3 is 0 Å². The predicted octanol–water partition coefficient (Wildman–Crippen LogP) is 2.54. The topological polar surface area (TPSA) is 64.4 Å². The Morgan fingerprint density at radius 2 is 2.29 bits per heavy atom. The number of benzene rings is 1. The molecule has 1 heterocycles. The van der Waals surface area contributed by atoms with Crippen molar-refractivity contribution in [1.29, 1.82) is 0 Å². The highest BCUT2D eigenvalue weighted by molar-refractivity contribution is 9.10. The smallest absolute Gasteiger partial charge is 0.253 e. The highest BCUT2D eigenvalue weighted by Gasteiger charge is 2.28. The number of hydrogen-bond acceptors (Lipinski definition) is 3. The molecule has 5 heteroatoms. The lowest BCUT2D eigenvalue weighted by atomic mass is 10.2. The number of anilines is 2. The third-order valence-corrected chi connectivity index (χ3v) is 3.29. The van der Waals surface area contributed by atoms with Crippen LogP contribution in [-0.2, 0) is 9.53 Å². The summed E-state index contributed by atoms with van der Waals surface area (Å²) in [5.41, 5.74) is 6.98. The van der Waals surface area contributed by atoms with Gasteiger partial charge in [0.1, 0.15) is 6.10 Å². The van der Waals surface area contributed by atoms with E-state index in [1.165, 1.54) is 0 Å². The Balaban J connectivity index is 2.03. The van der Waals surface area contributed by atoms with Crippen molar-refractivity contribution in [2.45, 2.75) is 32.0 Å². The predicted molar refractivity (Wildman–Crippen MR) is 70.8 cm³/mol. The molecule has 1 aromatic rings. The van der Waals surface area contributed by atoms with Gasteiger partial charge in [0.2, 0.25) is 0 Å². The molecule has 0 aromatic heterocycles. The van der Waals surface area contributed by atoms with Crippen LogP contribution in [-0.4, -0.2) is 18.1 Å². The summed E-state index contributed by atoms with van der Waals surface area (Å²) in [6, 6.07) is 5.37. The van der Waals surface area contributed by atoms with Crippen LogP contribution in [0.1, 0.15) is 19.8 Å². The van der Waals surface area contributed by atoms with Crippen molar-refractivity contribution in [3.8, 4) is 0 Å². The largest absolute Gasteiger partial charge is 0.397 e. The van der Waals surface area contributed by atoms with Gasteiger partial charge in [0.15, 0.2) is 0 Å². The molecule has 3 N–H and O–H groups in total. The first-order valence-corrected chi connectivity index (χ1v) is 6.37. The first-order valence-electron chi connectivity index (χ1n) is 5.57. The van der Waals surface area contributed by atoms with Crippen molar-refractivity contribution in [3.63, 3.8) is 0 Å². The van der Waals surface area contributed by atoms with Crippen molar-refractivity contribution in [2.75, 3.05) is 11.1 Å². The van der Waals surface area contributed by atoms with Crippen LogP contribution in [0.4, 0.5) is 11.4 Å². The maximum absolute atomic E-state index is 11.9. The fourth-order valence-electron chi connectivity index (χ4n) is 1.86. The first-order chi connectivity index (χ1) is 8.06. The molecule has 0 saturated carbocycles. The summed E-state index contributed by atoms with van der Waals surface area (Å²) in [6.45, 7) is 1.97. The molecule has 0 bridgehead atoms. The molecule has 0 spiro atoms. The molecular weight excluding hydrogens is 284 g/mol. The van der Waals surface area contributed by atoms with Gasteiger partial charge in [-0.15, -0.1) is 0 Å². The van der Waals surface area contributed by atoms with Gasteiger partial charge in [-0.1, -0.05) is 15.9 Å². The molecule has 1 amide bonds. The van der Waals surface area contributed by atoms with E-state index in [0.717, 1.165) is 17.3 Å². The van der Waals surface area contributed by atoms with Crippen LogP contribution in [0.2, 0.25) is 0 Å². The second-order valence-electron chi connectivity index (χ2n) is 4.23. The van der Waals surface area contributed by atoms with Gasteiger partial charge in [0.25, 0.3) is 5.91 Å². The fraction of sp³-hybridized carbons (Fsp3) is 0.417. The van der Waals surface area contributed by atoms with Gasteiger partial charge in [-0.2, -0.15) is 0 Å². The second-order valence-corrected chi connectivity index (χ2v) is 5.15. The zero-order chi connectivity index (χ0) is 12.4. The Hall–Kier alpha value is -1.07. The zero-order valence-electron chi connectivity index (χ0n) is 9.57. The summed E-state index contributed by atoms with van der Waals surface area (Å²) >= 11 is 3.32. The SMILES string of the molecule is CC1CCC(C(=O)Nc2ccc(Br)cc2N)O1. The molecule has 92 valence electrons. The van der Waals surface area contributed by atoms with E-state index in [1.54, 1.807) is 12.1 Å². The summed E-state index contributed by atoms with van der Waals surface area (Å²) in [7, 11) is 0. The Kier molecular flexibility index (Phi) is 3.69. The lowest BCUT2D eigenvalue weighted by Crippen LogP contribution is -2.28. The first kappa shape index (κ1) is 12.4. The third kappa shape index (κ3) is 2.98. The number of carbonyl (C=O) groups is 1. The van der Waals surface area contributed by atoms with E-state index >= 15 is 0 Å². The van der Waals surface area contributed by atoms with Gasteiger partial charge < -0.3 is 15.8 Å². The standard InChI is InChI=1S/C12H15BrN2O2/c1-7-2-5-11(17-7)12(16)15-10-4-3-8(13)6-9(10)14/h3-4,6-7,11H,2,5,14H2,1H3,(H,15,16). The van der Waals surface area contributed by atoms with Crippen LogP contribution in [0.25, 0.3) is 0 Å². The number of nitrogens with two attached hydrogens (primary N) is 1. The highest BCUT2D eigenvalue weighted by atomic mass is 79.9. The number of amides is 1. The molecule has 0 radical (unpaired) electrons. The number of halogens is 1. The normalized spacial score (nSPS) is 23.6. The average molecular weight is 299 g/mol. The molecule has 2 unspecified atom stereocenters. The van der Waals surface area contributed by atoms with Crippen molar-refractivity contribution in [1.82, 2.24) is 0 Å². The molecule has 1 aliphatic rings. The quantitative estimate of drug-likeness (QED) is 0.825. The van der Waals surface area contributed by atoms with Crippen molar-refractivity contribution >= 4 is 33.2 Å². The van der Waals surface area contributed by atoms with Crippen LogP contribution in [0, 0.1) is 0 Å². The van der Waals surface area contributed by atoms with Gasteiger partial charge in [0.05, 0.1) is 17.5 Å². The summed E-state index contributed by atoms with van der Waals surface area (Å²) < 4.78 is 6.38. The van der Waals surface area contributed by atoms with Crippen LogP contribution in [0.15, 0.2) is 22.7 Å². The molecule has 1 fully saturated rings. The summed E-state index contributed by atoms with van der Waals surface area (Å²) in [4.78, 5) is 11.9. The second kappa shape index (κ2) is 5.06. The summed E-state index contributed by atoms with van der Waals surface area (Å²) in [6.07, 6.45) is 1.50. The van der Waals surface area contributed by atoms with Gasteiger partial charge in [-0.3, -0.25) is 4.79 Å². The van der Waals surface area contributed by atoms with E-state index in [0.29, 0.717) is 11.4 Å². The Bertz CT molecular complexity index is 437. The molecule has 4 nitrogen and oxygen atoms in total. The van der Waals surface area contributed by atoms with E-state index in [1.807, 2.05) is 13.0 Å². The number of carbonyl (C=O) groups excluding carboxylic acids is 1. The monoisotopic (exact) mass is 298 g/mol. The van der Waals surface area contributed by atoms with Crippen LogP contribution in [0.3, 0.4) is 0 Å². The van der Waals surface area contributed by atoms with Crippen molar-refractivity contribution in [3.05, 3.63) is 22.7 Å². The molecule has 2 rings (SSSR count). The van der Waals surface area contributed by atoms with Gasteiger partial charge in [-0.25, -0.2) is 0 Å². The molecule has 2 atom stereocenters. The average Bonchev–Trinajstić information content (AvgIpc) is 2.69. The number of nitrogen functional groups attached to an aromatic ring is 1. The minimum absolute atomic E-state index is 0.122. The number of rotatable bonds is 2. The van der Waals surface area contributed by atoms with E-state index in [4.69, 9.17) is 10.5 Å². The molecule has 1 aliphatic heterocycles. The summed E-state index contributed by atoms with van der Waals surface area (Å²) in [5.74, 6) is -0.122. The van der Waals surface area contributed by atoms with Crippen LogP contribution < -0.4 is 11.1 Å². The van der Waals surface area contributed by atoms with E-state index in [2.05, 4.69) is 21.2 Å².